The smallest absolute Gasteiger partial charge is 0.268 e. The third-order valence-electron chi connectivity index (χ3n) is 3.34. The lowest BCUT2D eigenvalue weighted by Crippen LogP contribution is -2.11. The quantitative estimate of drug-likeness (QED) is 0.400. The number of rotatable bonds is 1. The average molecular weight is 297 g/mol. The lowest BCUT2D eigenvalue weighted by molar-refractivity contribution is -0.384. The highest BCUT2D eigenvalue weighted by Crippen LogP contribution is 2.26. The molecule has 6 nitrogen and oxygen atoms in total. The third-order valence-corrected chi connectivity index (χ3v) is 4.37. The molecule has 0 amide bonds. The average Bonchev–Trinajstić information content (AvgIpc) is 2.85. The number of benzene rings is 2. The van der Waals surface area contributed by atoms with E-state index in [1.54, 1.807) is 6.07 Å². The van der Waals surface area contributed by atoms with Gasteiger partial charge < -0.3 is 0 Å². The second-order valence-electron chi connectivity index (χ2n) is 4.56. The summed E-state index contributed by atoms with van der Waals surface area (Å²) in [7, 11) is 0. The maximum atomic E-state index is 12.6. The lowest BCUT2D eigenvalue weighted by Gasteiger charge is -1.99. The molecule has 0 fully saturated rings. The minimum absolute atomic E-state index is 0.0874. The van der Waals surface area contributed by atoms with E-state index < -0.39 is 4.92 Å². The van der Waals surface area contributed by atoms with E-state index in [1.807, 2.05) is 24.3 Å². The Morgan fingerprint density at radius 2 is 2.00 bits per heavy atom. The summed E-state index contributed by atoms with van der Waals surface area (Å²) in [6, 6.07) is 11.7. The first-order chi connectivity index (χ1) is 10.1. The molecule has 0 aliphatic rings. The molecule has 0 spiro atoms. The van der Waals surface area contributed by atoms with Gasteiger partial charge in [-0.2, -0.15) is 0 Å². The van der Waals surface area contributed by atoms with Crippen molar-refractivity contribution in [1.29, 1.82) is 0 Å². The van der Waals surface area contributed by atoms with E-state index in [2.05, 4.69) is 4.98 Å². The fraction of sp³-hybridized carbons (Fsp3) is 0. The minimum Gasteiger partial charge on any atom is -0.268 e. The second kappa shape index (κ2) is 4.10. The summed E-state index contributed by atoms with van der Waals surface area (Å²) < 4.78 is 2.19. The predicted octanol–water partition coefficient (Wildman–Crippen LogP) is 2.97. The molecule has 7 heteroatoms. The molecule has 0 N–H and O–H groups in total. The molecule has 4 aromatic rings. The molecule has 0 atom stereocenters. The molecule has 0 aliphatic carbocycles. The second-order valence-corrected chi connectivity index (χ2v) is 5.57. The number of para-hydroxylation sites is 2. The lowest BCUT2D eigenvalue weighted by atomic mass is 10.2. The maximum Gasteiger partial charge on any atom is 0.270 e. The SMILES string of the molecule is O=c1c2cc([N+](=O)[O-])ccc2sc2nc3ccccc3n12. The molecule has 0 radical (unpaired) electrons. The molecule has 0 bridgehead atoms. The number of fused-ring (bicyclic) bond motifs is 4. The molecule has 0 aliphatic heterocycles. The summed E-state index contributed by atoms with van der Waals surface area (Å²) in [5.74, 6) is 0. The van der Waals surface area contributed by atoms with Gasteiger partial charge in [-0.25, -0.2) is 9.38 Å². The van der Waals surface area contributed by atoms with Gasteiger partial charge >= 0.3 is 0 Å². The molecule has 0 saturated carbocycles. The zero-order valence-corrected chi connectivity index (χ0v) is 11.3. The van der Waals surface area contributed by atoms with Crippen LogP contribution in [0.1, 0.15) is 0 Å². The van der Waals surface area contributed by atoms with Crippen molar-refractivity contribution in [1.82, 2.24) is 9.38 Å². The molecule has 0 unspecified atom stereocenters. The van der Waals surface area contributed by atoms with Gasteiger partial charge in [-0.15, -0.1) is 0 Å². The Balaban J connectivity index is 2.24. The summed E-state index contributed by atoms with van der Waals surface area (Å²) in [5, 5.41) is 11.2. The van der Waals surface area contributed by atoms with Gasteiger partial charge in [-0.1, -0.05) is 23.5 Å². The first-order valence-electron chi connectivity index (χ1n) is 6.13. The van der Waals surface area contributed by atoms with Gasteiger partial charge in [-0.05, 0) is 18.2 Å². The van der Waals surface area contributed by atoms with E-state index in [0.717, 1.165) is 5.52 Å². The number of nitro benzene ring substituents is 1. The molecular formula is C14H7N3O3S. The predicted molar refractivity (Wildman–Crippen MR) is 81.0 cm³/mol. The Labute approximate surface area is 121 Å². The van der Waals surface area contributed by atoms with Crippen molar-refractivity contribution in [3.05, 3.63) is 62.9 Å². The zero-order chi connectivity index (χ0) is 14.6. The molecule has 4 rings (SSSR count). The Hall–Kier alpha value is -2.80. The van der Waals surface area contributed by atoms with E-state index in [4.69, 9.17) is 0 Å². The van der Waals surface area contributed by atoms with Crippen molar-refractivity contribution in [2.75, 3.05) is 0 Å². The number of nitro groups is 1. The Morgan fingerprint density at radius 1 is 1.19 bits per heavy atom. The largest absolute Gasteiger partial charge is 0.270 e. The maximum absolute atomic E-state index is 12.6. The van der Waals surface area contributed by atoms with Crippen LogP contribution in [0.5, 0.6) is 0 Å². The van der Waals surface area contributed by atoms with Crippen LogP contribution in [0, 0.1) is 10.1 Å². The van der Waals surface area contributed by atoms with Crippen LogP contribution in [0.4, 0.5) is 5.69 Å². The van der Waals surface area contributed by atoms with Crippen molar-refractivity contribution >= 4 is 43.1 Å². The summed E-state index contributed by atoms with van der Waals surface area (Å²) in [4.78, 5) is 28.0. The van der Waals surface area contributed by atoms with E-state index >= 15 is 0 Å². The van der Waals surface area contributed by atoms with Crippen molar-refractivity contribution in [2.24, 2.45) is 0 Å². The fourth-order valence-electron chi connectivity index (χ4n) is 2.38. The minimum atomic E-state index is -0.500. The van der Waals surface area contributed by atoms with E-state index in [9.17, 15) is 14.9 Å². The van der Waals surface area contributed by atoms with Crippen molar-refractivity contribution < 1.29 is 4.92 Å². The monoisotopic (exact) mass is 297 g/mol. The highest BCUT2D eigenvalue weighted by atomic mass is 32.1. The van der Waals surface area contributed by atoms with Gasteiger partial charge in [0.1, 0.15) is 0 Å². The number of nitrogens with zero attached hydrogens (tertiary/aromatic N) is 3. The van der Waals surface area contributed by atoms with Crippen LogP contribution < -0.4 is 5.56 Å². The fourth-order valence-corrected chi connectivity index (χ4v) is 3.38. The van der Waals surface area contributed by atoms with Gasteiger partial charge in [-0.3, -0.25) is 14.9 Å². The number of hydrogen-bond donors (Lipinski definition) is 0. The molecule has 2 heterocycles. The topological polar surface area (TPSA) is 77.5 Å². The molecule has 2 aromatic heterocycles. The zero-order valence-electron chi connectivity index (χ0n) is 10.5. The van der Waals surface area contributed by atoms with Crippen LogP contribution in [0.15, 0.2) is 47.3 Å². The third kappa shape index (κ3) is 1.64. The summed E-state index contributed by atoms with van der Waals surface area (Å²) in [5.41, 5.74) is 1.07. The summed E-state index contributed by atoms with van der Waals surface area (Å²) in [6.07, 6.45) is 0. The summed E-state index contributed by atoms with van der Waals surface area (Å²) in [6.45, 7) is 0. The molecule has 2 aromatic carbocycles. The van der Waals surface area contributed by atoms with Crippen molar-refractivity contribution in [2.45, 2.75) is 0 Å². The van der Waals surface area contributed by atoms with Gasteiger partial charge in [0.2, 0.25) is 0 Å². The van der Waals surface area contributed by atoms with Crippen LogP contribution in [-0.2, 0) is 0 Å². The first-order valence-corrected chi connectivity index (χ1v) is 6.95. The van der Waals surface area contributed by atoms with Crippen LogP contribution in [-0.4, -0.2) is 14.3 Å². The highest BCUT2D eigenvalue weighted by Gasteiger charge is 2.14. The van der Waals surface area contributed by atoms with Gasteiger partial charge in [0.15, 0.2) is 4.96 Å². The first kappa shape index (κ1) is 12.0. The van der Waals surface area contributed by atoms with E-state index in [-0.39, 0.29) is 11.2 Å². The van der Waals surface area contributed by atoms with E-state index in [1.165, 1.54) is 27.9 Å². The Morgan fingerprint density at radius 3 is 2.81 bits per heavy atom. The van der Waals surface area contributed by atoms with E-state index in [0.29, 0.717) is 20.6 Å². The van der Waals surface area contributed by atoms with Crippen LogP contribution in [0.3, 0.4) is 0 Å². The number of imidazole rings is 1. The van der Waals surface area contributed by atoms with Crippen LogP contribution in [0.2, 0.25) is 0 Å². The highest BCUT2D eigenvalue weighted by molar-refractivity contribution is 7.23. The van der Waals surface area contributed by atoms with Crippen LogP contribution >= 0.6 is 11.3 Å². The Kier molecular flexibility index (Phi) is 2.34. The van der Waals surface area contributed by atoms with Gasteiger partial charge in [0, 0.05) is 16.8 Å². The molecule has 21 heavy (non-hydrogen) atoms. The number of hydrogen-bond acceptors (Lipinski definition) is 5. The van der Waals surface area contributed by atoms with Crippen molar-refractivity contribution in [3.63, 3.8) is 0 Å². The standard InChI is InChI=1S/C14H7N3O3S/c18-13-9-7-8(17(19)20)5-6-12(9)21-14-15-10-3-1-2-4-11(10)16(13)14/h1-7H. The summed E-state index contributed by atoms with van der Waals surface area (Å²) >= 11 is 1.34. The van der Waals surface area contributed by atoms with Gasteiger partial charge in [0.05, 0.1) is 21.3 Å². The normalized spacial score (nSPS) is 11.4. The molecule has 102 valence electrons. The molecular weight excluding hydrogens is 290 g/mol. The molecule has 0 saturated heterocycles. The Bertz CT molecular complexity index is 1100. The van der Waals surface area contributed by atoms with Crippen LogP contribution in [0.25, 0.3) is 26.1 Å². The van der Waals surface area contributed by atoms with Gasteiger partial charge in [0.25, 0.3) is 11.2 Å². The van der Waals surface area contributed by atoms with Crippen molar-refractivity contribution in [3.8, 4) is 0 Å². The number of non-ortho nitro benzene ring substituents is 1. The number of aromatic nitrogens is 2.